The zero-order valence-corrected chi connectivity index (χ0v) is 26.3. The monoisotopic (exact) mass is 613 g/mol. The summed E-state index contributed by atoms with van der Waals surface area (Å²) in [5, 5.41) is 2.97. The van der Waals surface area contributed by atoms with E-state index in [9.17, 15) is 18.0 Å². The predicted octanol–water partition coefficient (Wildman–Crippen LogP) is 5.36. The predicted molar refractivity (Wildman–Crippen MR) is 173 cm³/mol. The summed E-state index contributed by atoms with van der Waals surface area (Å²) in [5.41, 5.74) is 2.89. The number of carbonyl (C=O) groups excluding carboxylic acids is 2. The molecule has 1 atom stereocenters. The fourth-order valence-electron chi connectivity index (χ4n) is 4.97. The molecule has 0 aromatic heterocycles. The van der Waals surface area contributed by atoms with Crippen molar-refractivity contribution < 1.29 is 22.7 Å². The number of carbonyl (C=O) groups is 2. The summed E-state index contributed by atoms with van der Waals surface area (Å²) >= 11 is 0. The highest BCUT2D eigenvalue weighted by Crippen LogP contribution is 2.32. The fraction of sp³-hybridized carbons (Fsp3) is 0.257. The standard InChI is InChI=1S/C35H39N3O5S/c1-26(2)36-35(40)32(23-28-16-7-5-8-17-28)37(24-29-18-12-11-15-27(29)3)34(39)25-38(31-21-13-14-22-33(31)43-4)44(41,42)30-19-9-6-10-20-30/h5-22,26,32H,23-25H2,1-4H3,(H,36,40). The summed E-state index contributed by atoms with van der Waals surface area (Å²) in [6.07, 6.45) is 0.247. The Morgan fingerprint density at radius 1 is 0.818 bits per heavy atom. The summed E-state index contributed by atoms with van der Waals surface area (Å²) in [4.78, 5) is 29.9. The van der Waals surface area contributed by atoms with Crippen LogP contribution in [0, 0.1) is 6.92 Å². The van der Waals surface area contributed by atoms with Crippen LogP contribution < -0.4 is 14.4 Å². The number of aryl methyl sites for hydroxylation is 1. The number of amides is 2. The molecule has 0 spiro atoms. The molecule has 0 saturated heterocycles. The topological polar surface area (TPSA) is 96.0 Å². The number of benzene rings is 4. The molecule has 2 amide bonds. The number of methoxy groups -OCH3 is 1. The van der Waals surface area contributed by atoms with Crippen LogP contribution in [0.4, 0.5) is 5.69 Å². The number of sulfonamides is 1. The third-order valence-corrected chi connectivity index (χ3v) is 9.04. The fourth-order valence-corrected chi connectivity index (χ4v) is 6.42. The number of para-hydroxylation sites is 2. The van der Waals surface area contributed by atoms with Crippen LogP contribution in [0.15, 0.2) is 114 Å². The SMILES string of the molecule is COc1ccccc1N(CC(=O)N(Cc1ccccc1C)C(Cc1ccccc1)C(=O)NC(C)C)S(=O)(=O)c1ccccc1. The lowest BCUT2D eigenvalue weighted by Gasteiger charge is -2.34. The van der Waals surface area contributed by atoms with Crippen LogP contribution in [0.5, 0.6) is 5.75 Å². The maximum absolute atomic E-state index is 14.5. The molecular weight excluding hydrogens is 574 g/mol. The molecule has 44 heavy (non-hydrogen) atoms. The minimum Gasteiger partial charge on any atom is -0.495 e. The van der Waals surface area contributed by atoms with Crippen LogP contribution in [0.3, 0.4) is 0 Å². The lowest BCUT2D eigenvalue weighted by molar-refractivity contribution is -0.140. The lowest BCUT2D eigenvalue weighted by atomic mass is 10.0. The summed E-state index contributed by atoms with van der Waals surface area (Å²) in [6, 6.07) is 30.7. The van der Waals surface area contributed by atoms with Crippen molar-refractivity contribution in [3.8, 4) is 5.75 Å². The number of ether oxygens (including phenoxy) is 1. The molecule has 0 heterocycles. The number of nitrogens with one attached hydrogen (secondary N) is 1. The summed E-state index contributed by atoms with van der Waals surface area (Å²) in [5.74, 6) is -0.553. The average Bonchev–Trinajstić information content (AvgIpc) is 3.02. The van der Waals surface area contributed by atoms with Gasteiger partial charge in [0, 0.05) is 19.0 Å². The number of rotatable bonds is 13. The molecule has 0 aliphatic carbocycles. The molecule has 1 unspecified atom stereocenters. The molecule has 0 radical (unpaired) electrons. The van der Waals surface area contributed by atoms with E-state index in [2.05, 4.69) is 5.32 Å². The summed E-state index contributed by atoms with van der Waals surface area (Å²) < 4.78 is 34.9. The molecule has 0 aliphatic rings. The van der Waals surface area contributed by atoms with Crippen LogP contribution in [0.1, 0.15) is 30.5 Å². The first-order valence-corrected chi connectivity index (χ1v) is 15.9. The van der Waals surface area contributed by atoms with E-state index in [0.717, 1.165) is 21.0 Å². The molecule has 1 N–H and O–H groups in total. The zero-order chi connectivity index (χ0) is 31.7. The van der Waals surface area contributed by atoms with Gasteiger partial charge >= 0.3 is 0 Å². The Morgan fingerprint density at radius 3 is 2.05 bits per heavy atom. The van der Waals surface area contributed by atoms with Gasteiger partial charge in [0.25, 0.3) is 10.0 Å². The van der Waals surface area contributed by atoms with Crippen LogP contribution in [-0.2, 0) is 32.6 Å². The van der Waals surface area contributed by atoms with E-state index in [-0.39, 0.29) is 35.5 Å². The average molecular weight is 614 g/mol. The van der Waals surface area contributed by atoms with E-state index < -0.39 is 28.5 Å². The van der Waals surface area contributed by atoms with E-state index in [0.29, 0.717) is 5.75 Å². The lowest BCUT2D eigenvalue weighted by Crippen LogP contribution is -2.54. The van der Waals surface area contributed by atoms with Gasteiger partial charge in [0.15, 0.2) is 0 Å². The van der Waals surface area contributed by atoms with E-state index in [4.69, 9.17) is 4.74 Å². The van der Waals surface area contributed by atoms with Crippen molar-refractivity contribution in [3.05, 3.63) is 126 Å². The largest absolute Gasteiger partial charge is 0.495 e. The molecule has 4 aromatic rings. The maximum Gasteiger partial charge on any atom is 0.264 e. The molecule has 4 aromatic carbocycles. The number of hydrogen-bond acceptors (Lipinski definition) is 5. The van der Waals surface area contributed by atoms with Gasteiger partial charge in [-0.25, -0.2) is 8.42 Å². The molecule has 0 bridgehead atoms. The molecule has 4 rings (SSSR count). The summed E-state index contributed by atoms with van der Waals surface area (Å²) in [7, 11) is -2.77. The highest BCUT2D eigenvalue weighted by molar-refractivity contribution is 7.92. The quantitative estimate of drug-likeness (QED) is 0.219. The van der Waals surface area contributed by atoms with Gasteiger partial charge in [-0.1, -0.05) is 84.9 Å². The van der Waals surface area contributed by atoms with Crippen molar-refractivity contribution in [2.75, 3.05) is 18.0 Å². The smallest absolute Gasteiger partial charge is 0.264 e. The molecule has 230 valence electrons. The molecule has 0 fully saturated rings. The zero-order valence-electron chi connectivity index (χ0n) is 25.5. The van der Waals surface area contributed by atoms with Gasteiger partial charge in [-0.2, -0.15) is 0 Å². The summed E-state index contributed by atoms with van der Waals surface area (Å²) in [6.45, 7) is 5.23. The van der Waals surface area contributed by atoms with Crippen molar-refractivity contribution in [3.63, 3.8) is 0 Å². The third kappa shape index (κ3) is 7.85. The van der Waals surface area contributed by atoms with Crippen molar-refractivity contribution in [2.45, 2.75) is 50.7 Å². The van der Waals surface area contributed by atoms with Gasteiger partial charge in [-0.15, -0.1) is 0 Å². The van der Waals surface area contributed by atoms with Crippen molar-refractivity contribution >= 4 is 27.5 Å². The molecule has 0 aliphatic heterocycles. The molecular formula is C35H39N3O5S. The second kappa shape index (κ2) is 14.7. The van der Waals surface area contributed by atoms with Crippen molar-refractivity contribution in [2.24, 2.45) is 0 Å². The minimum absolute atomic E-state index is 0.0301. The second-order valence-electron chi connectivity index (χ2n) is 10.8. The first-order valence-electron chi connectivity index (χ1n) is 14.5. The Balaban J connectivity index is 1.83. The number of hydrogen-bond donors (Lipinski definition) is 1. The van der Waals surface area contributed by atoms with E-state index in [1.54, 1.807) is 42.5 Å². The van der Waals surface area contributed by atoms with Crippen molar-refractivity contribution in [1.82, 2.24) is 10.2 Å². The molecule has 0 saturated carbocycles. The van der Waals surface area contributed by atoms with Crippen LogP contribution >= 0.6 is 0 Å². The minimum atomic E-state index is -4.21. The van der Waals surface area contributed by atoms with E-state index in [1.807, 2.05) is 75.4 Å². The first-order chi connectivity index (χ1) is 21.1. The number of anilines is 1. The van der Waals surface area contributed by atoms with Gasteiger partial charge in [0.05, 0.1) is 17.7 Å². The third-order valence-electron chi connectivity index (χ3n) is 7.27. The number of nitrogens with zero attached hydrogens (tertiary/aromatic N) is 2. The Hall–Kier alpha value is -4.63. The second-order valence-corrected chi connectivity index (χ2v) is 12.7. The Bertz CT molecular complexity index is 1660. The molecule has 9 heteroatoms. The van der Waals surface area contributed by atoms with Gasteiger partial charge in [-0.05, 0) is 61.7 Å². The Kier molecular flexibility index (Phi) is 10.8. The Labute approximate surface area is 260 Å². The first kappa shape index (κ1) is 32.3. The van der Waals surface area contributed by atoms with Crippen LogP contribution in [0.2, 0.25) is 0 Å². The highest BCUT2D eigenvalue weighted by Gasteiger charge is 2.35. The van der Waals surface area contributed by atoms with Crippen LogP contribution in [0.25, 0.3) is 0 Å². The molecule has 8 nitrogen and oxygen atoms in total. The van der Waals surface area contributed by atoms with E-state index >= 15 is 0 Å². The maximum atomic E-state index is 14.5. The normalized spacial score (nSPS) is 11.9. The van der Waals surface area contributed by atoms with E-state index in [1.165, 1.54) is 24.1 Å². The van der Waals surface area contributed by atoms with Crippen LogP contribution in [-0.4, -0.2) is 50.9 Å². The van der Waals surface area contributed by atoms with Crippen molar-refractivity contribution in [1.29, 1.82) is 0 Å². The Morgan fingerprint density at radius 2 is 1.41 bits per heavy atom. The highest BCUT2D eigenvalue weighted by atomic mass is 32.2. The van der Waals surface area contributed by atoms with Gasteiger partial charge in [-0.3, -0.25) is 13.9 Å². The van der Waals surface area contributed by atoms with Gasteiger partial charge < -0.3 is 15.0 Å². The van der Waals surface area contributed by atoms with Gasteiger partial charge in [0.1, 0.15) is 18.3 Å². The van der Waals surface area contributed by atoms with Gasteiger partial charge in [0.2, 0.25) is 11.8 Å².